The van der Waals surface area contributed by atoms with Crippen molar-refractivity contribution in [3.63, 3.8) is 0 Å². The Kier molecular flexibility index (Phi) is 5.51. The molecule has 0 saturated heterocycles. The maximum atomic E-state index is 14.0. The largest absolute Gasteiger partial charge is 0.503 e. The first-order valence-electron chi connectivity index (χ1n) is 9.55. The van der Waals surface area contributed by atoms with Gasteiger partial charge in [-0.1, -0.05) is 6.07 Å². The molecule has 11 heteroatoms. The molecular weight excluding hydrogens is 442 g/mol. The van der Waals surface area contributed by atoms with Crippen LogP contribution in [-0.4, -0.2) is 52.0 Å². The Morgan fingerprint density at radius 3 is 2.78 bits per heavy atom. The van der Waals surface area contributed by atoms with Gasteiger partial charge < -0.3 is 19.9 Å². The van der Waals surface area contributed by atoms with Crippen LogP contribution in [0.5, 0.6) is 5.75 Å². The number of thiazole rings is 1. The fourth-order valence-electron chi connectivity index (χ4n) is 3.58. The van der Waals surface area contributed by atoms with Crippen LogP contribution in [0.4, 0.5) is 8.78 Å². The van der Waals surface area contributed by atoms with Gasteiger partial charge >= 0.3 is 0 Å². The number of rotatable bonds is 4. The standard InChI is InChI=1S/C21H18F2N4O4S/c1-24-19(30)15-9-26(2)21(31)16-18(29)17(28)13(8-27(15)16)20-25-7-12(32-20)5-10-3-4-11(22)6-14(10)23/h3-4,6-8,15,29H,5,9H2,1-2H3,(H,24,30). The summed E-state index contributed by atoms with van der Waals surface area (Å²) in [6.45, 7) is 0.0558. The van der Waals surface area contributed by atoms with Crippen molar-refractivity contribution in [1.29, 1.82) is 0 Å². The van der Waals surface area contributed by atoms with Crippen molar-refractivity contribution in [2.75, 3.05) is 20.6 Å². The monoisotopic (exact) mass is 460 g/mol. The molecule has 0 aliphatic carbocycles. The number of aromatic hydroxyl groups is 1. The second-order valence-electron chi connectivity index (χ2n) is 7.34. The number of hydrogen-bond donors (Lipinski definition) is 2. The Balaban J connectivity index is 1.77. The normalized spacial score (nSPS) is 15.6. The lowest BCUT2D eigenvalue weighted by molar-refractivity contribution is -0.124. The zero-order chi connectivity index (χ0) is 23.2. The molecule has 32 heavy (non-hydrogen) atoms. The number of aromatic nitrogens is 2. The first-order chi connectivity index (χ1) is 15.2. The highest BCUT2D eigenvalue weighted by atomic mass is 32.1. The predicted molar refractivity (Wildman–Crippen MR) is 113 cm³/mol. The van der Waals surface area contributed by atoms with Gasteiger partial charge in [-0.2, -0.15) is 0 Å². The smallest absolute Gasteiger partial charge is 0.274 e. The Morgan fingerprint density at radius 2 is 2.09 bits per heavy atom. The summed E-state index contributed by atoms with van der Waals surface area (Å²) in [6, 6.07) is 2.43. The summed E-state index contributed by atoms with van der Waals surface area (Å²) in [5, 5.41) is 13.3. The van der Waals surface area contributed by atoms with Gasteiger partial charge in [0.25, 0.3) is 5.91 Å². The van der Waals surface area contributed by atoms with Gasteiger partial charge in [-0.15, -0.1) is 11.3 Å². The fraction of sp³-hybridized carbons (Fsp3) is 0.238. The molecule has 0 fully saturated rings. The van der Waals surface area contributed by atoms with E-state index < -0.39 is 40.7 Å². The third kappa shape index (κ3) is 3.64. The van der Waals surface area contributed by atoms with Crippen molar-refractivity contribution >= 4 is 23.2 Å². The summed E-state index contributed by atoms with van der Waals surface area (Å²) in [6.07, 6.45) is 2.92. The molecule has 1 aliphatic heterocycles. The van der Waals surface area contributed by atoms with Crippen molar-refractivity contribution in [3.8, 4) is 16.3 Å². The van der Waals surface area contributed by atoms with E-state index >= 15 is 0 Å². The average molecular weight is 460 g/mol. The van der Waals surface area contributed by atoms with E-state index in [2.05, 4.69) is 10.3 Å². The highest BCUT2D eigenvalue weighted by Gasteiger charge is 2.36. The minimum atomic E-state index is -0.851. The maximum absolute atomic E-state index is 14.0. The highest BCUT2D eigenvalue weighted by molar-refractivity contribution is 7.15. The van der Waals surface area contributed by atoms with E-state index in [0.717, 1.165) is 23.5 Å². The minimum Gasteiger partial charge on any atom is -0.503 e. The third-order valence-corrected chi connectivity index (χ3v) is 6.29. The topological polar surface area (TPSA) is 105 Å². The Bertz CT molecular complexity index is 1300. The molecule has 1 unspecified atom stereocenters. The summed E-state index contributed by atoms with van der Waals surface area (Å²) in [4.78, 5) is 43.8. The van der Waals surface area contributed by atoms with Gasteiger partial charge in [0.2, 0.25) is 11.3 Å². The predicted octanol–water partition coefficient (Wildman–Crippen LogP) is 1.92. The lowest BCUT2D eigenvalue weighted by atomic mass is 10.1. The molecule has 8 nitrogen and oxygen atoms in total. The Labute approximate surface area is 184 Å². The quantitative estimate of drug-likeness (QED) is 0.619. The van der Waals surface area contributed by atoms with Crippen LogP contribution in [0.15, 0.2) is 35.4 Å². The van der Waals surface area contributed by atoms with Gasteiger partial charge in [0, 0.05) is 43.9 Å². The second kappa shape index (κ2) is 8.15. The molecule has 2 aromatic heterocycles. The van der Waals surface area contributed by atoms with Crippen LogP contribution in [0.3, 0.4) is 0 Å². The molecule has 1 aromatic carbocycles. The van der Waals surface area contributed by atoms with E-state index in [0.29, 0.717) is 4.88 Å². The lowest BCUT2D eigenvalue weighted by Crippen LogP contribution is -2.47. The number of pyridine rings is 1. The lowest BCUT2D eigenvalue weighted by Gasteiger charge is -2.33. The van der Waals surface area contributed by atoms with Crippen molar-refractivity contribution in [2.45, 2.75) is 12.5 Å². The molecule has 2 N–H and O–H groups in total. The van der Waals surface area contributed by atoms with Gasteiger partial charge in [-0.05, 0) is 11.6 Å². The van der Waals surface area contributed by atoms with Crippen molar-refractivity contribution in [2.24, 2.45) is 0 Å². The fourth-order valence-corrected chi connectivity index (χ4v) is 4.53. The molecule has 0 spiro atoms. The number of halogens is 2. The number of nitrogens with zero attached hydrogens (tertiary/aromatic N) is 3. The number of benzene rings is 1. The zero-order valence-electron chi connectivity index (χ0n) is 17.1. The molecule has 0 bridgehead atoms. The second-order valence-corrected chi connectivity index (χ2v) is 8.45. The van der Waals surface area contributed by atoms with Crippen LogP contribution in [0.2, 0.25) is 0 Å². The molecule has 1 atom stereocenters. The molecule has 0 radical (unpaired) electrons. The first kappa shape index (κ1) is 21.6. The molecule has 0 saturated carbocycles. The zero-order valence-corrected chi connectivity index (χ0v) is 17.9. The molecular formula is C21H18F2N4O4S. The summed E-state index contributed by atoms with van der Waals surface area (Å²) >= 11 is 1.09. The summed E-state index contributed by atoms with van der Waals surface area (Å²) in [5.41, 5.74) is -0.802. The number of carbonyl (C=O) groups excluding carboxylic acids is 2. The minimum absolute atomic E-state index is 0.00772. The SMILES string of the molecule is CNC(=O)C1CN(C)C(=O)c2c(O)c(=O)c(-c3ncc(Cc4ccc(F)cc4F)s3)cn21. The van der Waals surface area contributed by atoms with Crippen LogP contribution in [0, 0.1) is 11.6 Å². The van der Waals surface area contributed by atoms with E-state index in [1.165, 1.54) is 42.0 Å². The van der Waals surface area contributed by atoms with E-state index in [1.807, 2.05) is 0 Å². The van der Waals surface area contributed by atoms with Crippen molar-refractivity contribution < 1.29 is 23.5 Å². The van der Waals surface area contributed by atoms with Gasteiger partial charge in [-0.25, -0.2) is 13.8 Å². The summed E-state index contributed by atoms with van der Waals surface area (Å²) < 4.78 is 28.4. The van der Waals surface area contributed by atoms with Gasteiger partial charge in [0.15, 0.2) is 11.4 Å². The number of carbonyl (C=O) groups is 2. The molecule has 3 aromatic rings. The van der Waals surface area contributed by atoms with Crippen LogP contribution in [0.25, 0.3) is 10.6 Å². The van der Waals surface area contributed by atoms with E-state index in [4.69, 9.17) is 0 Å². The van der Waals surface area contributed by atoms with E-state index in [1.54, 1.807) is 0 Å². The first-order valence-corrected chi connectivity index (χ1v) is 10.4. The van der Waals surface area contributed by atoms with Gasteiger partial charge in [0.05, 0.1) is 12.1 Å². The highest BCUT2D eigenvalue weighted by Crippen LogP contribution is 2.31. The molecule has 1 aliphatic rings. The Morgan fingerprint density at radius 1 is 1.34 bits per heavy atom. The average Bonchev–Trinajstić information content (AvgIpc) is 3.22. The Hall–Kier alpha value is -3.60. The number of fused-ring (bicyclic) bond motifs is 1. The van der Waals surface area contributed by atoms with Gasteiger partial charge in [0.1, 0.15) is 22.7 Å². The van der Waals surface area contributed by atoms with E-state index in [-0.39, 0.29) is 34.8 Å². The number of nitrogens with one attached hydrogen (secondary N) is 1. The van der Waals surface area contributed by atoms with Crippen LogP contribution in [-0.2, 0) is 11.2 Å². The summed E-state index contributed by atoms with van der Waals surface area (Å²) in [5.74, 6) is -3.12. The van der Waals surface area contributed by atoms with Crippen LogP contribution < -0.4 is 10.7 Å². The van der Waals surface area contributed by atoms with Crippen molar-refractivity contribution in [3.05, 3.63) is 68.6 Å². The molecule has 3 heterocycles. The molecule has 4 rings (SSSR count). The third-order valence-electron chi connectivity index (χ3n) is 5.26. The number of amides is 2. The maximum Gasteiger partial charge on any atom is 0.274 e. The number of likely N-dealkylation sites (N-methyl/N-ethyl adjacent to an activating group) is 2. The molecule has 2 amide bonds. The van der Waals surface area contributed by atoms with Gasteiger partial charge in [-0.3, -0.25) is 14.4 Å². The number of hydrogen-bond acceptors (Lipinski definition) is 6. The van der Waals surface area contributed by atoms with Crippen LogP contribution in [0.1, 0.15) is 27.0 Å². The van der Waals surface area contributed by atoms with E-state index in [9.17, 15) is 28.3 Å². The molecule has 166 valence electrons. The van der Waals surface area contributed by atoms with Crippen LogP contribution >= 0.6 is 11.3 Å². The summed E-state index contributed by atoms with van der Waals surface area (Å²) in [7, 11) is 2.92. The van der Waals surface area contributed by atoms with Crippen molar-refractivity contribution in [1.82, 2.24) is 19.8 Å².